The standard InChI is InChI=1S/C20H28N4OS/c1-20(2,3)15-11-9-14(10-12-15)18-22-23-19(26-13-17(21)25)24(18)16-7-5-4-6-8-16/h9-12,16H,4-8,13H2,1-3H3,(H2,21,25). The molecule has 0 spiro atoms. The fraction of sp³-hybridized carbons (Fsp3) is 0.550. The van der Waals surface area contributed by atoms with E-state index in [9.17, 15) is 4.79 Å². The number of amides is 1. The molecule has 26 heavy (non-hydrogen) atoms. The summed E-state index contributed by atoms with van der Waals surface area (Å²) in [6.45, 7) is 6.64. The topological polar surface area (TPSA) is 73.8 Å². The summed E-state index contributed by atoms with van der Waals surface area (Å²) in [5.74, 6) is 0.793. The van der Waals surface area contributed by atoms with Gasteiger partial charge in [0.2, 0.25) is 5.91 Å². The summed E-state index contributed by atoms with van der Waals surface area (Å²) in [5.41, 5.74) is 7.82. The first-order valence-electron chi connectivity index (χ1n) is 9.33. The van der Waals surface area contributed by atoms with E-state index in [0.717, 1.165) is 29.4 Å². The van der Waals surface area contributed by atoms with Crippen molar-refractivity contribution < 1.29 is 4.79 Å². The minimum atomic E-state index is -0.329. The number of carbonyl (C=O) groups excluding carboxylic acids is 1. The molecule has 140 valence electrons. The van der Waals surface area contributed by atoms with Gasteiger partial charge < -0.3 is 5.73 Å². The van der Waals surface area contributed by atoms with E-state index in [1.54, 1.807) is 0 Å². The van der Waals surface area contributed by atoms with Crippen molar-refractivity contribution in [1.29, 1.82) is 0 Å². The first-order valence-corrected chi connectivity index (χ1v) is 10.3. The molecule has 1 aromatic carbocycles. The number of benzene rings is 1. The lowest BCUT2D eigenvalue weighted by Gasteiger charge is -2.26. The summed E-state index contributed by atoms with van der Waals surface area (Å²) < 4.78 is 2.23. The summed E-state index contributed by atoms with van der Waals surface area (Å²) in [5, 5.41) is 9.65. The van der Waals surface area contributed by atoms with Crippen LogP contribution in [0.1, 0.15) is 64.5 Å². The molecule has 1 fully saturated rings. The quantitative estimate of drug-likeness (QED) is 0.793. The highest BCUT2D eigenvalue weighted by atomic mass is 32.2. The average molecular weight is 373 g/mol. The molecule has 0 radical (unpaired) electrons. The van der Waals surface area contributed by atoms with Crippen molar-refractivity contribution in [3.63, 3.8) is 0 Å². The molecule has 1 saturated carbocycles. The summed E-state index contributed by atoms with van der Waals surface area (Å²) in [7, 11) is 0. The Kier molecular flexibility index (Phi) is 5.70. The fourth-order valence-corrected chi connectivity index (χ4v) is 4.24. The van der Waals surface area contributed by atoms with E-state index in [2.05, 4.69) is 59.8 Å². The molecule has 0 aliphatic heterocycles. The van der Waals surface area contributed by atoms with Gasteiger partial charge in [0, 0.05) is 11.6 Å². The number of aromatic nitrogens is 3. The lowest BCUT2D eigenvalue weighted by Crippen LogP contribution is -2.17. The zero-order valence-electron chi connectivity index (χ0n) is 15.9. The highest BCUT2D eigenvalue weighted by Crippen LogP contribution is 2.36. The van der Waals surface area contributed by atoms with Crippen molar-refractivity contribution >= 4 is 17.7 Å². The van der Waals surface area contributed by atoms with E-state index in [4.69, 9.17) is 5.73 Å². The van der Waals surface area contributed by atoms with Crippen LogP contribution in [-0.2, 0) is 10.2 Å². The van der Waals surface area contributed by atoms with Crippen LogP contribution in [0.25, 0.3) is 11.4 Å². The number of hydrogen-bond acceptors (Lipinski definition) is 4. The Morgan fingerprint density at radius 3 is 2.38 bits per heavy atom. The smallest absolute Gasteiger partial charge is 0.227 e. The predicted molar refractivity (Wildman–Crippen MR) is 106 cm³/mol. The number of primary amides is 1. The lowest BCUT2D eigenvalue weighted by atomic mass is 9.86. The number of thioether (sulfide) groups is 1. The van der Waals surface area contributed by atoms with Crippen LogP contribution in [0.4, 0.5) is 0 Å². The fourth-order valence-electron chi connectivity index (χ4n) is 3.50. The summed E-state index contributed by atoms with van der Waals surface area (Å²) >= 11 is 1.39. The Bertz CT molecular complexity index is 755. The van der Waals surface area contributed by atoms with Crippen molar-refractivity contribution in [3.8, 4) is 11.4 Å². The van der Waals surface area contributed by atoms with Crippen LogP contribution in [0.2, 0.25) is 0 Å². The Hall–Kier alpha value is -1.82. The van der Waals surface area contributed by atoms with Crippen LogP contribution in [0, 0.1) is 0 Å². The van der Waals surface area contributed by atoms with Crippen LogP contribution in [0.5, 0.6) is 0 Å². The van der Waals surface area contributed by atoms with Gasteiger partial charge in [-0.3, -0.25) is 9.36 Å². The molecule has 3 rings (SSSR count). The zero-order valence-corrected chi connectivity index (χ0v) is 16.7. The van der Waals surface area contributed by atoms with E-state index in [0.29, 0.717) is 6.04 Å². The summed E-state index contributed by atoms with van der Waals surface area (Å²) in [6.07, 6.45) is 6.01. The molecular formula is C20H28N4OS. The molecule has 1 aromatic heterocycles. The normalized spacial score (nSPS) is 16.0. The van der Waals surface area contributed by atoms with Gasteiger partial charge in [-0.2, -0.15) is 0 Å². The molecule has 1 heterocycles. The van der Waals surface area contributed by atoms with Crippen molar-refractivity contribution in [1.82, 2.24) is 14.8 Å². The largest absolute Gasteiger partial charge is 0.369 e. The molecule has 5 nitrogen and oxygen atoms in total. The van der Waals surface area contributed by atoms with Gasteiger partial charge in [0.25, 0.3) is 0 Å². The van der Waals surface area contributed by atoms with Crippen LogP contribution >= 0.6 is 11.8 Å². The van der Waals surface area contributed by atoms with Gasteiger partial charge in [-0.15, -0.1) is 10.2 Å². The monoisotopic (exact) mass is 372 g/mol. The summed E-state index contributed by atoms with van der Waals surface area (Å²) in [4.78, 5) is 11.2. The molecule has 0 bridgehead atoms. The lowest BCUT2D eigenvalue weighted by molar-refractivity contribution is -0.115. The number of hydrogen-bond donors (Lipinski definition) is 1. The highest BCUT2D eigenvalue weighted by Gasteiger charge is 2.24. The second kappa shape index (κ2) is 7.82. The van der Waals surface area contributed by atoms with E-state index in [1.807, 2.05) is 0 Å². The minimum Gasteiger partial charge on any atom is -0.369 e. The first kappa shape index (κ1) is 19.0. The highest BCUT2D eigenvalue weighted by molar-refractivity contribution is 7.99. The second-order valence-electron chi connectivity index (χ2n) is 8.05. The first-order chi connectivity index (χ1) is 12.4. The minimum absolute atomic E-state index is 0.123. The molecule has 0 atom stereocenters. The molecule has 1 amide bonds. The third-order valence-corrected chi connectivity index (χ3v) is 5.92. The Morgan fingerprint density at radius 1 is 1.15 bits per heavy atom. The van der Waals surface area contributed by atoms with E-state index < -0.39 is 0 Å². The predicted octanol–water partition coefficient (Wildman–Crippen LogP) is 4.33. The van der Waals surface area contributed by atoms with Gasteiger partial charge in [0.05, 0.1) is 5.75 Å². The molecule has 0 saturated heterocycles. The van der Waals surface area contributed by atoms with Crippen molar-refractivity contribution in [2.75, 3.05) is 5.75 Å². The van der Waals surface area contributed by atoms with Gasteiger partial charge in [0.15, 0.2) is 11.0 Å². The average Bonchev–Trinajstić information content (AvgIpc) is 3.04. The van der Waals surface area contributed by atoms with Crippen LogP contribution < -0.4 is 5.73 Å². The maximum atomic E-state index is 11.2. The van der Waals surface area contributed by atoms with Crippen LogP contribution in [-0.4, -0.2) is 26.4 Å². The van der Waals surface area contributed by atoms with Gasteiger partial charge in [-0.1, -0.05) is 76.1 Å². The molecule has 6 heteroatoms. The van der Waals surface area contributed by atoms with Crippen molar-refractivity contribution in [3.05, 3.63) is 29.8 Å². The maximum Gasteiger partial charge on any atom is 0.227 e. The molecule has 1 aliphatic carbocycles. The van der Waals surface area contributed by atoms with Gasteiger partial charge in [0.1, 0.15) is 0 Å². The molecular weight excluding hydrogens is 344 g/mol. The van der Waals surface area contributed by atoms with Crippen molar-refractivity contribution in [2.24, 2.45) is 5.73 Å². The Labute approximate surface area is 159 Å². The third kappa shape index (κ3) is 4.29. The second-order valence-corrected chi connectivity index (χ2v) is 8.99. The number of carbonyl (C=O) groups is 1. The third-order valence-electron chi connectivity index (χ3n) is 4.96. The number of nitrogens with two attached hydrogens (primary N) is 1. The van der Waals surface area contributed by atoms with Crippen LogP contribution in [0.3, 0.4) is 0 Å². The molecule has 2 N–H and O–H groups in total. The zero-order chi connectivity index (χ0) is 18.7. The van der Waals surface area contributed by atoms with Crippen molar-refractivity contribution in [2.45, 2.75) is 69.5 Å². The van der Waals surface area contributed by atoms with E-state index in [-0.39, 0.29) is 17.1 Å². The van der Waals surface area contributed by atoms with E-state index in [1.165, 1.54) is 36.6 Å². The Morgan fingerprint density at radius 2 is 1.81 bits per heavy atom. The maximum absolute atomic E-state index is 11.2. The van der Waals surface area contributed by atoms with Crippen LogP contribution in [0.15, 0.2) is 29.4 Å². The molecule has 1 aliphatic rings. The van der Waals surface area contributed by atoms with Gasteiger partial charge in [-0.05, 0) is 23.8 Å². The number of rotatable bonds is 5. The molecule has 2 aromatic rings. The summed E-state index contributed by atoms with van der Waals surface area (Å²) in [6, 6.07) is 9.00. The van der Waals surface area contributed by atoms with Gasteiger partial charge >= 0.3 is 0 Å². The van der Waals surface area contributed by atoms with Gasteiger partial charge in [-0.25, -0.2) is 0 Å². The Balaban J connectivity index is 1.96. The number of nitrogens with zero attached hydrogens (tertiary/aromatic N) is 3. The molecule has 0 unspecified atom stereocenters. The SMILES string of the molecule is CC(C)(C)c1ccc(-c2nnc(SCC(N)=O)n2C2CCCCC2)cc1. The van der Waals surface area contributed by atoms with E-state index >= 15 is 0 Å².